The van der Waals surface area contributed by atoms with Crippen molar-refractivity contribution in [1.82, 2.24) is 4.90 Å². The zero-order chi connectivity index (χ0) is 13.8. The van der Waals surface area contributed by atoms with E-state index in [0.717, 1.165) is 11.1 Å². The Morgan fingerprint density at radius 1 is 1.42 bits per heavy atom. The van der Waals surface area contributed by atoms with Gasteiger partial charge in [-0.2, -0.15) is 0 Å². The molecule has 2 rings (SSSR count). The van der Waals surface area contributed by atoms with Crippen LogP contribution >= 0.6 is 0 Å². The van der Waals surface area contributed by atoms with Crippen LogP contribution < -0.4 is 0 Å². The highest BCUT2D eigenvalue weighted by Gasteiger charge is 2.30. The van der Waals surface area contributed by atoms with E-state index in [1.165, 1.54) is 4.90 Å². The molecule has 0 spiro atoms. The number of aliphatic hydroxyl groups is 1. The minimum Gasteiger partial charge on any atom is -0.465 e. The van der Waals surface area contributed by atoms with E-state index in [1.807, 2.05) is 24.3 Å². The summed E-state index contributed by atoms with van der Waals surface area (Å²) in [7, 11) is 0. The lowest BCUT2D eigenvalue weighted by molar-refractivity contribution is 0.0431. The zero-order valence-electron chi connectivity index (χ0n) is 10.6. The fourth-order valence-electron chi connectivity index (χ4n) is 2.48. The van der Waals surface area contributed by atoms with Crippen LogP contribution in [0.1, 0.15) is 24.0 Å². The molecule has 0 aromatic heterocycles. The molecule has 1 aromatic carbocycles. The van der Waals surface area contributed by atoms with E-state index in [-0.39, 0.29) is 6.04 Å². The number of piperidine rings is 1. The summed E-state index contributed by atoms with van der Waals surface area (Å²) in [6.45, 7) is 0.392. The Kier molecular flexibility index (Phi) is 4.08. The molecule has 1 amide bonds. The maximum absolute atomic E-state index is 11.2. The number of hydrogen-bond acceptors (Lipinski definition) is 2. The Labute approximate surface area is 112 Å². The first-order valence-electron chi connectivity index (χ1n) is 6.33. The Bertz CT molecular complexity index is 489. The molecule has 0 aliphatic carbocycles. The fraction of sp³-hybridized carbons (Fsp3) is 0.400. The van der Waals surface area contributed by atoms with Crippen molar-refractivity contribution in [3.05, 3.63) is 35.4 Å². The van der Waals surface area contributed by atoms with E-state index in [1.54, 1.807) is 0 Å². The summed E-state index contributed by atoms with van der Waals surface area (Å²) in [5.74, 6) is 2.55. The van der Waals surface area contributed by atoms with Gasteiger partial charge in [-0.3, -0.25) is 0 Å². The lowest BCUT2D eigenvalue weighted by Crippen LogP contribution is -2.48. The van der Waals surface area contributed by atoms with Crippen LogP contribution in [-0.4, -0.2) is 39.9 Å². The number of nitrogens with zero attached hydrogens (tertiary/aromatic N) is 1. The zero-order valence-corrected chi connectivity index (χ0v) is 10.6. The highest BCUT2D eigenvalue weighted by Crippen LogP contribution is 2.21. The Hall–Kier alpha value is -1.99. The number of carboxylic acid groups (broad SMARTS) is 1. The van der Waals surface area contributed by atoms with Crippen LogP contribution in [0.15, 0.2) is 24.3 Å². The maximum Gasteiger partial charge on any atom is 0.407 e. The molecule has 0 saturated carbocycles. The molecular formula is C15H17NO3. The second-order valence-electron chi connectivity index (χ2n) is 4.85. The average Bonchev–Trinajstić information content (AvgIpc) is 2.39. The second-order valence-corrected chi connectivity index (χ2v) is 4.85. The molecule has 100 valence electrons. The number of terminal acetylenes is 1. The summed E-state index contributed by atoms with van der Waals surface area (Å²) in [5.41, 5.74) is 1.84. The van der Waals surface area contributed by atoms with Gasteiger partial charge in [0.15, 0.2) is 0 Å². The van der Waals surface area contributed by atoms with Gasteiger partial charge in [0.1, 0.15) is 0 Å². The van der Waals surface area contributed by atoms with Crippen molar-refractivity contribution in [2.75, 3.05) is 6.54 Å². The van der Waals surface area contributed by atoms with Crippen LogP contribution in [0.2, 0.25) is 0 Å². The highest BCUT2D eigenvalue weighted by molar-refractivity contribution is 5.65. The largest absolute Gasteiger partial charge is 0.465 e. The molecule has 4 nitrogen and oxygen atoms in total. The van der Waals surface area contributed by atoms with Crippen molar-refractivity contribution in [3.63, 3.8) is 0 Å². The lowest BCUT2D eigenvalue weighted by atomic mass is 9.94. The Morgan fingerprint density at radius 3 is 2.68 bits per heavy atom. The molecule has 0 radical (unpaired) electrons. The van der Waals surface area contributed by atoms with Crippen molar-refractivity contribution in [2.45, 2.75) is 31.4 Å². The van der Waals surface area contributed by atoms with Crippen LogP contribution in [0.5, 0.6) is 0 Å². The van der Waals surface area contributed by atoms with E-state index < -0.39 is 12.2 Å². The van der Waals surface area contributed by atoms with Crippen molar-refractivity contribution in [1.29, 1.82) is 0 Å². The predicted molar refractivity (Wildman–Crippen MR) is 71.8 cm³/mol. The van der Waals surface area contributed by atoms with Gasteiger partial charge in [-0.1, -0.05) is 18.1 Å². The minimum absolute atomic E-state index is 0.169. The first-order valence-corrected chi connectivity index (χ1v) is 6.33. The Morgan fingerprint density at radius 2 is 2.11 bits per heavy atom. The number of rotatable bonds is 2. The molecule has 19 heavy (non-hydrogen) atoms. The average molecular weight is 259 g/mol. The van der Waals surface area contributed by atoms with Gasteiger partial charge < -0.3 is 15.1 Å². The summed E-state index contributed by atoms with van der Waals surface area (Å²) in [5, 5.41) is 18.9. The second kappa shape index (κ2) is 5.77. The monoisotopic (exact) mass is 259 g/mol. The molecule has 1 aromatic rings. The summed E-state index contributed by atoms with van der Waals surface area (Å²) in [4.78, 5) is 12.6. The van der Waals surface area contributed by atoms with Crippen LogP contribution in [-0.2, 0) is 6.42 Å². The predicted octanol–water partition coefficient (Wildman–Crippen LogP) is 1.71. The third kappa shape index (κ3) is 3.27. The van der Waals surface area contributed by atoms with E-state index in [2.05, 4.69) is 5.92 Å². The molecule has 1 heterocycles. The third-order valence-corrected chi connectivity index (χ3v) is 3.53. The third-order valence-electron chi connectivity index (χ3n) is 3.53. The normalized spacial score (nSPS) is 22.8. The molecule has 1 fully saturated rings. The van der Waals surface area contributed by atoms with Crippen molar-refractivity contribution in [2.24, 2.45) is 0 Å². The Balaban J connectivity index is 2.09. The minimum atomic E-state index is -0.919. The van der Waals surface area contributed by atoms with Gasteiger partial charge in [0.25, 0.3) is 0 Å². The van der Waals surface area contributed by atoms with E-state index in [9.17, 15) is 15.0 Å². The van der Waals surface area contributed by atoms with E-state index in [0.29, 0.717) is 25.8 Å². The molecular weight excluding hydrogens is 242 g/mol. The molecule has 0 bridgehead atoms. The molecule has 1 aliphatic rings. The number of amides is 1. The smallest absolute Gasteiger partial charge is 0.407 e. The highest BCUT2D eigenvalue weighted by atomic mass is 16.4. The molecule has 1 aliphatic heterocycles. The van der Waals surface area contributed by atoms with Gasteiger partial charge in [-0.15, -0.1) is 6.42 Å². The summed E-state index contributed by atoms with van der Waals surface area (Å²) in [6, 6.07) is 7.35. The number of benzene rings is 1. The van der Waals surface area contributed by atoms with Gasteiger partial charge in [-0.25, -0.2) is 4.79 Å². The number of likely N-dealkylation sites (tertiary alicyclic amines) is 1. The summed E-state index contributed by atoms with van der Waals surface area (Å²) >= 11 is 0. The summed E-state index contributed by atoms with van der Waals surface area (Å²) < 4.78 is 0. The van der Waals surface area contributed by atoms with Crippen LogP contribution in [0.4, 0.5) is 4.79 Å². The SMILES string of the molecule is C#Cc1ccc(CC2CC(O)CCN2C(=O)O)cc1. The van der Waals surface area contributed by atoms with E-state index >= 15 is 0 Å². The molecule has 1 saturated heterocycles. The van der Waals surface area contributed by atoms with Gasteiger partial charge in [-0.05, 0) is 37.0 Å². The van der Waals surface area contributed by atoms with Gasteiger partial charge in [0, 0.05) is 18.2 Å². The van der Waals surface area contributed by atoms with Gasteiger partial charge in [0.2, 0.25) is 0 Å². The lowest BCUT2D eigenvalue weighted by Gasteiger charge is -2.36. The molecule has 2 unspecified atom stereocenters. The first kappa shape index (κ1) is 13.4. The molecule has 4 heteroatoms. The fourth-order valence-corrected chi connectivity index (χ4v) is 2.48. The van der Waals surface area contributed by atoms with E-state index in [4.69, 9.17) is 6.42 Å². The van der Waals surface area contributed by atoms with Gasteiger partial charge >= 0.3 is 6.09 Å². The molecule has 2 atom stereocenters. The van der Waals surface area contributed by atoms with Crippen molar-refractivity contribution < 1.29 is 15.0 Å². The summed E-state index contributed by atoms with van der Waals surface area (Å²) in [6.07, 6.45) is 5.57. The van der Waals surface area contributed by atoms with Crippen molar-refractivity contribution >= 4 is 6.09 Å². The number of carbonyl (C=O) groups is 1. The van der Waals surface area contributed by atoms with Crippen LogP contribution in [0.25, 0.3) is 0 Å². The van der Waals surface area contributed by atoms with Crippen LogP contribution in [0, 0.1) is 12.3 Å². The molecule has 2 N–H and O–H groups in total. The van der Waals surface area contributed by atoms with Gasteiger partial charge in [0.05, 0.1) is 6.10 Å². The number of hydrogen-bond donors (Lipinski definition) is 2. The number of aliphatic hydroxyl groups excluding tert-OH is 1. The van der Waals surface area contributed by atoms with Crippen molar-refractivity contribution in [3.8, 4) is 12.3 Å². The quantitative estimate of drug-likeness (QED) is 0.795. The first-order chi connectivity index (χ1) is 9.10. The topological polar surface area (TPSA) is 60.8 Å². The maximum atomic E-state index is 11.2. The standard InChI is InChI=1S/C15H17NO3/c1-2-11-3-5-12(6-4-11)9-13-10-14(17)7-8-16(13)15(18)19/h1,3-6,13-14,17H,7-10H2,(H,18,19). The van der Waals surface area contributed by atoms with Crippen LogP contribution in [0.3, 0.4) is 0 Å².